The van der Waals surface area contributed by atoms with Crippen molar-refractivity contribution in [1.82, 2.24) is 0 Å². The average molecular weight is 200 g/mol. The van der Waals surface area contributed by atoms with Crippen molar-refractivity contribution < 1.29 is 32.7 Å². The average Bonchev–Trinajstić information content (AvgIpc) is 2.14. The van der Waals surface area contributed by atoms with Crippen molar-refractivity contribution >= 4 is 11.3 Å². The van der Waals surface area contributed by atoms with Gasteiger partial charge in [-0.05, 0) is 0 Å². The van der Waals surface area contributed by atoms with Crippen LogP contribution in [0.3, 0.4) is 0 Å². The summed E-state index contributed by atoms with van der Waals surface area (Å²) in [6.45, 7) is 2.15. The van der Waals surface area contributed by atoms with Crippen molar-refractivity contribution in [3.05, 3.63) is 22.4 Å². The smallest absolute Gasteiger partial charge is 0 e. The van der Waals surface area contributed by atoms with E-state index in [1.807, 2.05) is 6.07 Å². The minimum absolute atomic E-state index is 0. The maximum atomic E-state index is 3.02. The molecule has 0 N–H and O–H groups in total. The monoisotopic (exact) mass is 200 g/mol. The van der Waals surface area contributed by atoms with Crippen molar-refractivity contribution in [2.24, 2.45) is 0 Å². The van der Waals surface area contributed by atoms with E-state index in [1.54, 1.807) is 11.3 Å². The van der Waals surface area contributed by atoms with Crippen molar-refractivity contribution in [1.29, 1.82) is 0 Å². The molecule has 0 atom stereocenters. The topological polar surface area (TPSA) is 0 Å². The zero-order chi connectivity index (χ0) is 5.11. The van der Waals surface area contributed by atoms with Gasteiger partial charge in [0.25, 0.3) is 0 Å². The van der Waals surface area contributed by atoms with Gasteiger partial charge in [-0.25, -0.2) is 6.07 Å². The number of hydrogen-bond donors (Lipinski definition) is 0. The van der Waals surface area contributed by atoms with Crippen LogP contribution >= 0.6 is 11.3 Å². The van der Waals surface area contributed by atoms with Crippen molar-refractivity contribution in [2.75, 3.05) is 0 Å². The number of rotatable bonds is 1. The molecule has 0 aliphatic rings. The number of aryl methyl sites for hydroxylation is 1. The van der Waals surface area contributed by atoms with Gasteiger partial charge in [0.15, 0.2) is 0 Å². The van der Waals surface area contributed by atoms with Gasteiger partial charge >= 0.3 is 0 Å². The van der Waals surface area contributed by atoms with Gasteiger partial charge in [0.05, 0.1) is 0 Å². The molecule has 2 heteroatoms. The van der Waals surface area contributed by atoms with Crippen LogP contribution in [0.5, 0.6) is 0 Å². The fourth-order valence-electron chi connectivity index (χ4n) is 0.461. The van der Waals surface area contributed by atoms with Gasteiger partial charge in [-0.3, -0.25) is 0 Å². The molecule has 0 aliphatic carbocycles. The molecule has 1 aromatic rings. The molecule has 0 bridgehead atoms. The largest absolute Gasteiger partial charge is 0.300 e. The Kier molecular flexibility index (Phi) is 5.13. The SMILES string of the molecule is CCc1cc[c-]s1.[Y]. The molecule has 0 aliphatic heterocycles. The normalized spacial score (nSPS) is 8.12. The van der Waals surface area contributed by atoms with Crippen LogP contribution in [-0.4, -0.2) is 0 Å². The molecule has 0 aromatic carbocycles. The standard InChI is InChI=1S/C6H7S.Y/c1-2-6-4-3-5-7-6;/h3-4H,2H2,1H3;/q-1;. The Morgan fingerprint density at radius 3 is 2.75 bits per heavy atom. The Hall–Kier alpha value is 0.804. The van der Waals surface area contributed by atoms with E-state index in [0.29, 0.717) is 0 Å². The fourth-order valence-corrected chi connectivity index (χ4v) is 1.03. The van der Waals surface area contributed by atoms with Crippen molar-refractivity contribution in [3.8, 4) is 0 Å². The van der Waals surface area contributed by atoms with Crippen LogP contribution in [0.15, 0.2) is 12.1 Å². The Balaban J connectivity index is 0.000000490. The predicted molar refractivity (Wildman–Crippen MR) is 32.5 cm³/mol. The fraction of sp³-hybridized carbons (Fsp3) is 0.333. The molecule has 0 spiro atoms. The molecule has 0 amide bonds. The molecule has 1 aromatic heterocycles. The molecule has 0 unspecified atom stereocenters. The molecule has 0 fully saturated rings. The van der Waals surface area contributed by atoms with Crippen LogP contribution in [0, 0.1) is 5.38 Å². The van der Waals surface area contributed by atoms with E-state index in [4.69, 9.17) is 0 Å². The molecule has 1 radical (unpaired) electrons. The van der Waals surface area contributed by atoms with Crippen LogP contribution in [0.25, 0.3) is 0 Å². The first-order valence-corrected chi connectivity index (χ1v) is 3.20. The maximum absolute atomic E-state index is 3.02. The van der Waals surface area contributed by atoms with Crippen LogP contribution in [0.1, 0.15) is 11.8 Å². The second kappa shape index (κ2) is 4.66. The summed E-state index contributed by atoms with van der Waals surface area (Å²) in [6.07, 6.45) is 1.15. The van der Waals surface area contributed by atoms with E-state index in [1.165, 1.54) is 4.88 Å². The van der Waals surface area contributed by atoms with E-state index < -0.39 is 0 Å². The third-order valence-electron chi connectivity index (χ3n) is 0.876. The molecule has 0 nitrogen and oxygen atoms in total. The third-order valence-corrected chi connectivity index (χ3v) is 1.82. The summed E-state index contributed by atoms with van der Waals surface area (Å²) in [7, 11) is 0. The van der Waals surface area contributed by atoms with E-state index in [2.05, 4.69) is 18.4 Å². The van der Waals surface area contributed by atoms with Gasteiger partial charge in [0.2, 0.25) is 0 Å². The Bertz CT molecular complexity index is 123. The number of hydrogen-bond acceptors (Lipinski definition) is 1. The Morgan fingerprint density at radius 1 is 1.75 bits per heavy atom. The molecule has 0 saturated carbocycles. The van der Waals surface area contributed by atoms with Crippen LogP contribution in [0.4, 0.5) is 0 Å². The Labute approximate surface area is 79.2 Å². The summed E-state index contributed by atoms with van der Waals surface area (Å²) in [5.41, 5.74) is 0. The van der Waals surface area contributed by atoms with Gasteiger partial charge < -0.3 is 11.3 Å². The third kappa shape index (κ3) is 2.38. The van der Waals surface area contributed by atoms with E-state index >= 15 is 0 Å². The second-order valence-electron chi connectivity index (χ2n) is 1.37. The predicted octanol–water partition coefficient (Wildman–Crippen LogP) is 2.11. The van der Waals surface area contributed by atoms with Gasteiger partial charge in [0.1, 0.15) is 0 Å². The molecule has 0 saturated heterocycles. The number of thiophene rings is 1. The summed E-state index contributed by atoms with van der Waals surface area (Å²) < 4.78 is 0. The van der Waals surface area contributed by atoms with Crippen LogP contribution < -0.4 is 0 Å². The summed E-state index contributed by atoms with van der Waals surface area (Å²) >= 11 is 1.70. The quantitative estimate of drug-likeness (QED) is 0.609. The van der Waals surface area contributed by atoms with Gasteiger partial charge in [-0.1, -0.05) is 13.3 Å². The van der Waals surface area contributed by atoms with E-state index in [0.717, 1.165) is 6.42 Å². The molecular weight excluding hydrogens is 193 g/mol. The van der Waals surface area contributed by atoms with Gasteiger partial charge in [-0.2, -0.15) is 6.07 Å². The summed E-state index contributed by atoms with van der Waals surface area (Å²) in [5, 5.41) is 3.02. The molecular formula is C6H7SY-. The van der Waals surface area contributed by atoms with Crippen molar-refractivity contribution in [2.45, 2.75) is 13.3 Å². The first-order valence-electron chi connectivity index (χ1n) is 2.38. The minimum atomic E-state index is 0. The summed E-state index contributed by atoms with van der Waals surface area (Å²) in [6, 6.07) is 4.06. The van der Waals surface area contributed by atoms with Gasteiger partial charge in [0, 0.05) is 32.7 Å². The molecule has 1 heterocycles. The zero-order valence-electron chi connectivity index (χ0n) is 4.85. The summed E-state index contributed by atoms with van der Waals surface area (Å²) in [5.74, 6) is 0. The molecule has 41 valence electrons. The molecule has 1 rings (SSSR count). The first kappa shape index (κ1) is 8.80. The zero-order valence-corrected chi connectivity index (χ0v) is 8.50. The maximum Gasteiger partial charge on any atom is 0 e. The first-order chi connectivity index (χ1) is 3.43. The second-order valence-corrected chi connectivity index (χ2v) is 2.34. The molecule has 8 heavy (non-hydrogen) atoms. The minimum Gasteiger partial charge on any atom is -0.300 e. The van der Waals surface area contributed by atoms with Gasteiger partial charge in [-0.15, -0.1) is 10.3 Å². The van der Waals surface area contributed by atoms with E-state index in [9.17, 15) is 0 Å². The summed E-state index contributed by atoms with van der Waals surface area (Å²) in [4.78, 5) is 1.42. The van der Waals surface area contributed by atoms with Crippen molar-refractivity contribution in [3.63, 3.8) is 0 Å². The van der Waals surface area contributed by atoms with Crippen LogP contribution in [-0.2, 0) is 39.1 Å². The van der Waals surface area contributed by atoms with E-state index in [-0.39, 0.29) is 32.7 Å². The van der Waals surface area contributed by atoms with Crippen LogP contribution in [0.2, 0.25) is 0 Å². The Morgan fingerprint density at radius 2 is 2.50 bits per heavy atom.